The van der Waals surface area contributed by atoms with E-state index in [4.69, 9.17) is 9.47 Å². The van der Waals surface area contributed by atoms with Crippen molar-refractivity contribution in [3.8, 4) is 22.9 Å². The maximum atomic E-state index is 15.3. The third kappa shape index (κ3) is 5.47. The number of benzene rings is 3. The van der Waals surface area contributed by atoms with Gasteiger partial charge < -0.3 is 9.47 Å². The van der Waals surface area contributed by atoms with E-state index < -0.39 is 28.4 Å². The largest absolute Gasteiger partial charge is 0.497 e. The molecule has 0 radical (unpaired) electrons. The number of pyridine rings is 1. The number of hydrogen-bond donors (Lipinski definition) is 0. The normalized spacial score (nSPS) is 10.8. The maximum Gasteiger partial charge on any atom is 0.337 e. The van der Waals surface area contributed by atoms with Crippen molar-refractivity contribution in [2.45, 2.75) is 34.2 Å². The summed E-state index contributed by atoms with van der Waals surface area (Å²) in [5.74, 6) is -0.791. The number of ether oxygens (including phenoxy) is 2. The fraction of sp³-hybridized carbons (Fsp3) is 0.219. The summed E-state index contributed by atoms with van der Waals surface area (Å²) in [5, 5.41) is -0.154. The van der Waals surface area contributed by atoms with Crippen molar-refractivity contribution < 1.29 is 18.3 Å². The van der Waals surface area contributed by atoms with Crippen LogP contribution in [0.15, 0.2) is 81.1 Å². The van der Waals surface area contributed by atoms with Crippen molar-refractivity contribution in [1.29, 1.82) is 0 Å². The van der Waals surface area contributed by atoms with Crippen molar-refractivity contribution >= 4 is 11.0 Å². The Bertz CT molecular complexity index is 1960. The highest BCUT2D eigenvalue weighted by Gasteiger charge is 2.24. The lowest BCUT2D eigenvalue weighted by Crippen LogP contribution is -2.42. The molecule has 0 saturated heterocycles. The summed E-state index contributed by atoms with van der Waals surface area (Å²) in [6.45, 7) is 7.03. The molecule has 42 heavy (non-hydrogen) atoms. The second-order valence-electron chi connectivity index (χ2n) is 9.38. The number of methoxy groups -OCH3 is 1. The molecular formula is C32H31F2N3O5. The predicted molar refractivity (Wildman–Crippen MR) is 158 cm³/mol. The lowest BCUT2D eigenvalue weighted by atomic mass is 10.2. The third-order valence-corrected chi connectivity index (χ3v) is 6.75. The zero-order chi connectivity index (χ0) is 30.7. The lowest BCUT2D eigenvalue weighted by Gasteiger charge is -2.19. The Morgan fingerprint density at radius 1 is 0.833 bits per heavy atom. The van der Waals surface area contributed by atoms with E-state index in [2.05, 4.69) is 0 Å². The second-order valence-corrected chi connectivity index (χ2v) is 9.38. The Hall–Kier alpha value is -4.99. The van der Waals surface area contributed by atoms with Gasteiger partial charge in [-0.15, -0.1) is 0 Å². The second kappa shape index (κ2) is 12.3. The van der Waals surface area contributed by atoms with Gasteiger partial charge in [0.05, 0.1) is 19.3 Å². The van der Waals surface area contributed by atoms with Crippen LogP contribution in [0.3, 0.4) is 0 Å². The highest BCUT2D eigenvalue weighted by Crippen LogP contribution is 2.30. The van der Waals surface area contributed by atoms with Crippen LogP contribution >= 0.6 is 0 Å². The van der Waals surface area contributed by atoms with Gasteiger partial charge in [-0.05, 0) is 61.4 Å². The molecule has 0 saturated carbocycles. The molecule has 5 rings (SSSR count). The van der Waals surface area contributed by atoms with E-state index in [1.807, 2.05) is 13.8 Å². The van der Waals surface area contributed by atoms with E-state index in [1.165, 1.54) is 51.4 Å². The van der Waals surface area contributed by atoms with E-state index in [1.54, 1.807) is 37.3 Å². The minimum Gasteiger partial charge on any atom is -0.497 e. The van der Waals surface area contributed by atoms with Gasteiger partial charge in [-0.1, -0.05) is 38.1 Å². The van der Waals surface area contributed by atoms with Crippen LogP contribution < -0.4 is 26.3 Å². The summed E-state index contributed by atoms with van der Waals surface area (Å²) >= 11 is 0. The van der Waals surface area contributed by atoms with Gasteiger partial charge in [-0.25, -0.2) is 18.1 Å². The van der Waals surface area contributed by atoms with E-state index in [9.17, 15) is 18.8 Å². The molecule has 3 aromatic carbocycles. The van der Waals surface area contributed by atoms with Crippen LogP contribution in [-0.2, 0) is 13.6 Å². The molecule has 5 aromatic rings. The van der Waals surface area contributed by atoms with Crippen molar-refractivity contribution in [3.05, 3.63) is 126 Å². The number of aromatic nitrogens is 3. The Labute approximate surface area is 240 Å². The van der Waals surface area contributed by atoms with Crippen LogP contribution in [0.2, 0.25) is 0 Å². The molecule has 218 valence electrons. The minimum absolute atomic E-state index is 0.0786. The average molecular weight is 576 g/mol. The first kappa shape index (κ1) is 30.0. The average Bonchev–Trinajstić information content (AvgIpc) is 2.98. The molecule has 0 aliphatic heterocycles. The Balaban J connectivity index is 0.00000198. The summed E-state index contributed by atoms with van der Waals surface area (Å²) in [7, 11) is 2.89. The van der Waals surface area contributed by atoms with Gasteiger partial charge in [0, 0.05) is 18.7 Å². The van der Waals surface area contributed by atoms with Gasteiger partial charge in [0.2, 0.25) is 0 Å². The summed E-state index contributed by atoms with van der Waals surface area (Å²) in [6, 6.07) is 16.3. The van der Waals surface area contributed by atoms with Gasteiger partial charge in [-0.2, -0.15) is 0 Å². The molecule has 0 aliphatic carbocycles. The van der Waals surface area contributed by atoms with Crippen molar-refractivity contribution in [3.63, 3.8) is 0 Å². The van der Waals surface area contributed by atoms with Crippen LogP contribution in [-0.4, -0.2) is 20.8 Å². The first-order valence-corrected chi connectivity index (χ1v) is 13.3. The SMILES string of the molecule is CC.COc1ccc(Cn2c(=O)c3c(Oc4cccc(F)c4C)cc(=O)n(C)c3n(-c3ccc(C)cc3F)c2=O)cc1. The molecule has 0 atom stereocenters. The molecule has 2 heterocycles. The van der Waals surface area contributed by atoms with Gasteiger partial charge >= 0.3 is 5.69 Å². The zero-order valence-corrected chi connectivity index (χ0v) is 24.2. The standard InChI is InChI=1S/C30H25F2N3O5.C2H6/c1-17-8-13-23(22(32)14-17)35-28-27(29(37)34(30(35)38)16-19-9-11-20(39-4)12-10-19)25(15-26(36)33(28)3)40-24-7-5-6-21(31)18(24)2;1-2/h5-15H,16H2,1-4H3;1-2H3. The summed E-state index contributed by atoms with van der Waals surface area (Å²) in [6.07, 6.45) is 0. The van der Waals surface area contributed by atoms with Gasteiger partial charge in [0.15, 0.2) is 0 Å². The topological polar surface area (TPSA) is 84.5 Å². The molecule has 0 fully saturated rings. The predicted octanol–water partition coefficient (Wildman–Crippen LogP) is 5.62. The molecule has 2 aromatic heterocycles. The molecular weight excluding hydrogens is 544 g/mol. The zero-order valence-electron chi connectivity index (χ0n) is 24.2. The number of rotatable bonds is 6. The molecule has 0 unspecified atom stereocenters. The first-order chi connectivity index (χ1) is 20.1. The van der Waals surface area contributed by atoms with E-state index in [0.29, 0.717) is 16.9 Å². The van der Waals surface area contributed by atoms with E-state index >= 15 is 4.39 Å². The van der Waals surface area contributed by atoms with Crippen molar-refractivity contribution in [2.24, 2.45) is 7.05 Å². The summed E-state index contributed by atoms with van der Waals surface area (Å²) in [5.41, 5.74) is -1.19. The first-order valence-electron chi connectivity index (χ1n) is 13.3. The molecule has 0 aliphatic rings. The van der Waals surface area contributed by atoms with Gasteiger partial charge in [-0.3, -0.25) is 18.7 Å². The van der Waals surface area contributed by atoms with Crippen LogP contribution in [0.4, 0.5) is 8.78 Å². The summed E-state index contributed by atoms with van der Waals surface area (Å²) < 4.78 is 43.8. The molecule has 0 amide bonds. The Kier molecular flexibility index (Phi) is 8.75. The molecule has 10 heteroatoms. The Morgan fingerprint density at radius 2 is 1.52 bits per heavy atom. The van der Waals surface area contributed by atoms with Crippen LogP contribution in [0.1, 0.15) is 30.5 Å². The van der Waals surface area contributed by atoms with Gasteiger partial charge in [0.25, 0.3) is 11.1 Å². The van der Waals surface area contributed by atoms with Crippen LogP contribution in [0.25, 0.3) is 16.7 Å². The van der Waals surface area contributed by atoms with Crippen molar-refractivity contribution in [2.75, 3.05) is 7.11 Å². The number of nitrogens with zero attached hydrogens (tertiary/aromatic N) is 3. The molecule has 8 nitrogen and oxygen atoms in total. The van der Waals surface area contributed by atoms with E-state index in [0.717, 1.165) is 19.8 Å². The highest BCUT2D eigenvalue weighted by molar-refractivity contribution is 5.83. The van der Waals surface area contributed by atoms with Gasteiger partial charge in [0.1, 0.15) is 39.9 Å². The fourth-order valence-electron chi connectivity index (χ4n) is 4.52. The number of halogens is 2. The number of fused-ring (bicyclic) bond motifs is 1. The summed E-state index contributed by atoms with van der Waals surface area (Å²) in [4.78, 5) is 41.0. The maximum absolute atomic E-state index is 15.3. The fourth-order valence-corrected chi connectivity index (χ4v) is 4.52. The van der Waals surface area contributed by atoms with Crippen LogP contribution in [0.5, 0.6) is 17.2 Å². The van der Waals surface area contributed by atoms with Crippen LogP contribution in [0, 0.1) is 25.5 Å². The van der Waals surface area contributed by atoms with E-state index in [-0.39, 0.29) is 40.3 Å². The quantitative estimate of drug-likeness (QED) is 0.262. The number of hydrogen-bond acceptors (Lipinski definition) is 5. The molecule has 0 spiro atoms. The minimum atomic E-state index is -0.856. The Morgan fingerprint density at radius 3 is 2.17 bits per heavy atom. The number of aryl methyl sites for hydroxylation is 2. The van der Waals surface area contributed by atoms with Crippen molar-refractivity contribution in [1.82, 2.24) is 13.7 Å². The molecule has 0 N–H and O–H groups in total. The highest BCUT2D eigenvalue weighted by atomic mass is 19.1. The monoisotopic (exact) mass is 575 g/mol. The molecule has 0 bridgehead atoms. The third-order valence-electron chi connectivity index (χ3n) is 6.75. The lowest BCUT2D eigenvalue weighted by molar-refractivity contribution is 0.414. The smallest absolute Gasteiger partial charge is 0.337 e.